The molecule has 1 heterocycles. The molecule has 3 aromatic rings. The number of benzene rings is 2. The molecule has 2 aromatic carbocycles. The minimum absolute atomic E-state index is 0.0267. The Labute approximate surface area is 207 Å². The normalized spacial score (nSPS) is 12.6. The maximum Gasteiger partial charge on any atom is 0.321 e. The standard InChI is InChI=1S/C25H31N3O4S2/c1-25(2,3)33-15-20(24(30)31)27-14-17-6-4-16(5-7-17)12-26-13-18-8-9-19-11-22(23(29)28-32)34-21(19)10-18/h4-11,20,26-27,32H,12-15H2,1-3H3,(H,28,29)(H,30,31)/t20-/m0/s1. The van der Waals surface area contributed by atoms with Gasteiger partial charge in [-0.1, -0.05) is 57.2 Å². The Kier molecular flexibility index (Phi) is 9.10. The Morgan fingerprint density at radius 2 is 1.59 bits per heavy atom. The van der Waals surface area contributed by atoms with Crippen LogP contribution >= 0.6 is 23.1 Å². The number of carboxylic acids is 1. The molecule has 1 amide bonds. The second-order valence-corrected chi connectivity index (χ2v) is 12.0. The molecule has 0 saturated carbocycles. The molecule has 0 aliphatic carbocycles. The Hall–Kier alpha value is -2.43. The molecule has 1 aromatic heterocycles. The fourth-order valence-corrected chi connectivity index (χ4v) is 5.21. The second-order valence-electron chi connectivity index (χ2n) is 9.04. The average molecular weight is 502 g/mol. The van der Waals surface area contributed by atoms with Gasteiger partial charge in [-0.25, -0.2) is 5.48 Å². The number of carboxylic acid groups (broad SMARTS) is 1. The lowest BCUT2D eigenvalue weighted by Gasteiger charge is -2.21. The number of carbonyl (C=O) groups is 2. The quantitative estimate of drug-likeness (QED) is 0.196. The van der Waals surface area contributed by atoms with Crippen LogP contribution < -0.4 is 16.1 Å². The van der Waals surface area contributed by atoms with Gasteiger partial charge in [0.2, 0.25) is 0 Å². The van der Waals surface area contributed by atoms with E-state index in [0.717, 1.165) is 26.8 Å². The van der Waals surface area contributed by atoms with Gasteiger partial charge in [0.25, 0.3) is 5.91 Å². The molecule has 5 N–H and O–H groups in total. The van der Waals surface area contributed by atoms with Crippen molar-refractivity contribution in [3.8, 4) is 0 Å². The fraction of sp³-hybridized carbons (Fsp3) is 0.360. The number of hydrogen-bond acceptors (Lipinski definition) is 7. The summed E-state index contributed by atoms with van der Waals surface area (Å²) in [7, 11) is 0. The van der Waals surface area contributed by atoms with E-state index >= 15 is 0 Å². The van der Waals surface area contributed by atoms with Gasteiger partial charge >= 0.3 is 5.97 Å². The summed E-state index contributed by atoms with van der Waals surface area (Å²) in [5.74, 6) is -0.804. The van der Waals surface area contributed by atoms with Crippen molar-refractivity contribution in [3.05, 3.63) is 70.1 Å². The molecule has 0 unspecified atom stereocenters. The summed E-state index contributed by atoms with van der Waals surface area (Å²) < 4.78 is 1.02. The SMILES string of the molecule is CC(C)(C)SC[C@H](NCc1ccc(CNCc2ccc3cc(C(=O)NO)sc3c2)cc1)C(=O)O. The van der Waals surface area contributed by atoms with Gasteiger partial charge in [0.05, 0.1) is 4.88 Å². The van der Waals surface area contributed by atoms with E-state index in [1.165, 1.54) is 11.3 Å². The summed E-state index contributed by atoms with van der Waals surface area (Å²) in [4.78, 5) is 23.6. The third-order valence-electron chi connectivity index (χ3n) is 5.12. The number of amides is 1. The minimum atomic E-state index is -0.828. The highest BCUT2D eigenvalue weighted by atomic mass is 32.2. The van der Waals surface area contributed by atoms with Crippen molar-refractivity contribution in [1.29, 1.82) is 0 Å². The summed E-state index contributed by atoms with van der Waals surface area (Å²) in [6.07, 6.45) is 0. The zero-order valence-corrected chi connectivity index (χ0v) is 21.2. The molecule has 1 atom stereocenters. The number of hydroxylamine groups is 1. The zero-order chi connectivity index (χ0) is 24.7. The van der Waals surface area contributed by atoms with Gasteiger partial charge < -0.3 is 10.4 Å². The number of fused-ring (bicyclic) bond motifs is 1. The van der Waals surface area contributed by atoms with Crippen molar-refractivity contribution in [2.75, 3.05) is 5.75 Å². The van der Waals surface area contributed by atoms with E-state index in [1.807, 2.05) is 42.5 Å². The van der Waals surface area contributed by atoms with Gasteiger partial charge in [0.15, 0.2) is 0 Å². The lowest BCUT2D eigenvalue weighted by Crippen LogP contribution is -2.39. The number of carbonyl (C=O) groups excluding carboxylic acids is 1. The van der Waals surface area contributed by atoms with Gasteiger partial charge in [0, 0.05) is 34.8 Å². The fourth-order valence-electron chi connectivity index (χ4n) is 3.27. The molecule has 0 radical (unpaired) electrons. The van der Waals surface area contributed by atoms with Crippen LogP contribution in [0.2, 0.25) is 0 Å². The molecule has 182 valence electrons. The maximum atomic E-state index is 11.6. The first-order chi connectivity index (χ1) is 16.1. The van der Waals surface area contributed by atoms with Gasteiger partial charge in [0.1, 0.15) is 6.04 Å². The molecule has 0 aliphatic rings. The lowest BCUT2D eigenvalue weighted by molar-refractivity contribution is -0.138. The monoisotopic (exact) mass is 501 g/mol. The van der Waals surface area contributed by atoms with E-state index in [1.54, 1.807) is 23.3 Å². The smallest absolute Gasteiger partial charge is 0.321 e. The number of rotatable bonds is 11. The summed E-state index contributed by atoms with van der Waals surface area (Å²) >= 11 is 2.98. The van der Waals surface area contributed by atoms with Crippen LogP contribution in [0.15, 0.2) is 48.5 Å². The molecule has 3 rings (SSSR count). The first-order valence-corrected chi connectivity index (χ1v) is 12.8. The highest BCUT2D eigenvalue weighted by Crippen LogP contribution is 2.27. The summed E-state index contributed by atoms with van der Waals surface area (Å²) in [6, 6.07) is 15.4. The predicted octanol–water partition coefficient (Wildman–Crippen LogP) is 4.38. The predicted molar refractivity (Wildman–Crippen MR) is 139 cm³/mol. The van der Waals surface area contributed by atoms with E-state index in [-0.39, 0.29) is 4.75 Å². The second kappa shape index (κ2) is 11.8. The van der Waals surface area contributed by atoms with Crippen LogP contribution in [-0.4, -0.2) is 38.7 Å². The van der Waals surface area contributed by atoms with E-state index in [2.05, 4.69) is 31.4 Å². The molecule has 0 saturated heterocycles. The van der Waals surface area contributed by atoms with E-state index < -0.39 is 17.9 Å². The molecular formula is C25H31N3O4S2. The first-order valence-electron chi connectivity index (χ1n) is 11.0. The van der Waals surface area contributed by atoms with Crippen molar-refractivity contribution in [2.24, 2.45) is 0 Å². The minimum Gasteiger partial charge on any atom is -0.480 e. The Morgan fingerprint density at radius 3 is 2.21 bits per heavy atom. The van der Waals surface area contributed by atoms with Crippen LogP contribution in [0.5, 0.6) is 0 Å². The van der Waals surface area contributed by atoms with Crippen LogP contribution in [0.1, 0.15) is 47.1 Å². The van der Waals surface area contributed by atoms with Crippen LogP contribution in [0, 0.1) is 0 Å². The van der Waals surface area contributed by atoms with Crippen molar-refractivity contribution < 1.29 is 19.9 Å². The highest BCUT2D eigenvalue weighted by molar-refractivity contribution is 8.00. The molecule has 0 bridgehead atoms. The molecule has 0 fully saturated rings. The summed E-state index contributed by atoms with van der Waals surface area (Å²) in [5, 5.41) is 25.8. The summed E-state index contributed by atoms with van der Waals surface area (Å²) in [6.45, 7) is 8.14. The molecule has 0 aliphatic heterocycles. The van der Waals surface area contributed by atoms with E-state index in [0.29, 0.717) is 30.3 Å². The molecule has 34 heavy (non-hydrogen) atoms. The number of thioether (sulfide) groups is 1. The van der Waals surface area contributed by atoms with E-state index in [9.17, 15) is 14.7 Å². The molecule has 7 nitrogen and oxygen atoms in total. The molecular weight excluding hydrogens is 470 g/mol. The third kappa shape index (κ3) is 7.82. The van der Waals surface area contributed by atoms with Crippen LogP contribution in [0.4, 0.5) is 0 Å². The van der Waals surface area contributed by atoms with Crippen LogP contribution in [0.3, 0.4) is 0 Å². The van der Waals surface area contributed by atoms with Gasteiger partial charge in [-0.3, -0.25) is 20.1 Å². The van der Waals surface area contributed by atoms with Gasteiger partial charge in [-0.05, 0) is 34.2 Å². The Balaban J connectivity index is 1.48. The Bertz CT molecular complexity index is 1120. The van der Waals surface area contributed by atoms with Crippen molar-refractivity contribution in [1.82, 2.24) is 16.1 Å². The van der Waals surface area contributed by atoms with Crippen molar-refractivity contribution >= 4 is 45.1 Å². The number of nitrogens with one attached hydrogen (secondary N) is 3. The van der Waals surface area contributed by atoms with Crippen LogP contribution in [-0.2, 0) is 24.4 Å². The van der Waals surface area contributed by atoms with E-state index in [4.69, 9.17) is 5.21 Å². The Morgan fingerprint density at radius 1 is 0.971 bits per heavy atom. The number of aliphatic carboxylic acids is 1. The third-order valence-corrected chi connectivity index (χ3v) is 7.59. The zero-order valence-electron chi connectivity index (χ0n) is 19.6. The van der Waals surface area contributed by atoms with Gasteiger partial charge in [-0.15, -0.1) is 11.3 Å². The molecule has 0 spiro atoms. The van der Waals surface area contributed by atoms with Crippen molar-refractivity contribution in [3.63, 3.8) is 0 Å². The number of hydrogen-bond donors (Lipinski definition) is 5. The lowest BCUT2D eigenvalue weighted by atomic mass is 10.1. The van der Waals surface area contributed by atoms with Crippen LogP contribution in [0.25, 0.3) is 10.1 Å². The summed E-state index contributed by atoms with van der Waals surface area (Å²) in [5.41, 5.74) is 4.96. The number of thiophene rings is 1. The maximum absolute atomic E-state index is 11.6. The topological polar surface area (TPSA) is 111 Å². The highest BCUT2D eigenvalue weighted by Gasteiger charge is 2.20. The van der Waals surface area contributed by atoms with Crippen molar-refractivity contribution in [2.45, 2.75) is 51.2 Å². The first kappa shape index (κ1) is 26.2. The average Bonchev–Trinajstić information content (AvgIpc) is 3.22. The largest absolute Gasteiger partial charge is 0.480 e. The van der Waals surface area contributed by atoms with Gasteiger partial charge in [-0.2, -0.15) is 11.8 Å². The molecule has 9 heteroatoms.